The Labute approximate surface area is 216 Å². The van der Waals surface area contributed by atoms with Crippen LogP contribution in [0, 0.1) is 5.92 Å². The Balaban J connectivity index is 1.26. The number of nitrogens with zero attached hydrogens (tertiary/aromatic N) is 2. The molecule has 0 radical (unpaired) electrons. The van der Waals surface area contributed by atoms with Gasteiger partial charge in [0.1, 0.15) is 24.5 Å². The molecule has 1 aromatic heterocycles. The van der Waals surface area contributed by atoms with Crippen molar-refractivity contribution in [1.29, 1.82) is 0 Å². The largest absolute Gasteiger partial charge is 0.484 e. The van der Waals surface area contributed by atoms with Crippen molar-refractivity contribution < 1.29 is 18.8 Å². The Hall–Kier alpha value is -3.12. The number of aliphatic hydroxyl groups is 1. The van der Waals surface area contributed by atoms with Gasteiger partial charge in [-0.3, -0.25) is 0 Å². The van der Waals surface area contributed by atoms with E-state index in [-0.39, 0.29) is 6.10 Å². The lowest BCUT2D eigenvalue weighted by Gasteiger charge is -2.51. The van der Waals surface area contributed by atoms with Gasteiger partial charge in [0.05, 0.1) is 13.1 Å². The molecular weight excluding hydrogens is 472 g/mol. The van der Waals surface area contributed by atoms with Crippen LogP contribution < -0.4 is 4.74 Å². The quantitative estimate of drug-likeness (QED) is 0.325. The van der Waals surface area contributed by atoms with E-state index in [0.29, 0.717) is 16.6 Å². The summed E-state index contributed by atoms with van der Waals surface area (Å²) in [6.07, 6.45) is 2.41. The minimum Gasteiger partial charge on any atom is -0.484 e. The van der Waals surface area contributed by atoms with Crippen molar-refractivity contribution in [1.82, 2.24) is 5.16 Å². The summed E-state index contributed by atoms with van der Waals surface area (Å²) in [6.45, 7) is 3.85. The van der Waals surface area contributed by atoms with E-state index in [4.69, 9.17) is 20.9 Å². The number of halogens is 1. The van der Waals surface area contributed by atoms with Crippen molar-refractivity contribution in [3.05, 3.63) is 119 Å². The van der Waals surface area contributed by atoms with E-state index in [1.807, 2.05) is 91.0 Å². The van der Waals surface area contributed by atoms with E-state index < -0.39 is 5.60 Å². The van der Waals surface area contributed by atoms with Crippen LogP contribution in [0.5, 0.6) is 5.75 Å². The molecule has 3 aliphatic rings. The standard InChI is InChI=1S/C30H30ClN2O3/c31-25-12-7-13-26(18-25)35-28-21-33(16-14-22(28)15-17-33)20-27-19-29(32-36-27)30(34,23-8-3-1-4-9-23)24-10-5-2-6-11-24/h1-13,18-19,22,28,34H,14-17,20-21H2/q+1/t22?,28-,33?/m0/s1. The molecule has 5 nitrogen and oxygen atoms in total. The maximum Gasteiger partial charge on any atom is 0.191 e. The number of aromatic nitrogens is 1. The molecule has 6 heteroatoms. The Morgan fingerprint density at radius 1 is 0.917 bits per heavy atom. The van der Waals surface area contributed by atoms with Crippen molar-refractivity contribution in [2.24, 2.45) is 5.92 Å². The van der Waals surface area contributed by atoms with E-state index in [0.717, 1.165) is 66.1 Å². The average molecular weight is 502 g/mol. The number of hydrogen-bond acceptors (Lipinski definition) is 4. The van der Waals surface area contributed by atoms with Crippen LogP contribution in [0.1, 0.15) is 35.4 Å². The first-order valence-corrected chi connectivity index (χ1v) is 13.0. The zero-order valence-corrected chi connectivity index (χ0v) is 20.8. The molecule has 0 unspecified atom stereocenters. The number of quaternary nitrogens is 1. The first kappa shape index (κ1) is 23.3. The SMILES string of the molecule is OC(c1ccccc1)(c1ccccc1)c1cc(C[N+]23CCC(CC2)[C@@H](Oc2cccc(Cl)c2)C3)on1. The lowest BCUT2D eigenvalue weighted by Crippen LogP contribution is -2.64. The second kappa shape index (κ2) is 9.40. The third kappa shape index (κ3) is 4.32. The molecule has 7 rings (SSSR count). The van der Waals surface area contributed by atoms with Gasteiger partial charge in [-0.25, -0.2) is 0 Å². The highest BCUT2D eigenvalue weighted by molar-refractivity contribution is 6.30. The fourth-order valence-corrected chi connectivity index (χ4v) is 6.18. The van der Waals surface area contributed by atoms with Gasteiger partial charge >= 0.3 is 0 Å². The molecule has 3 aliphatic heterocycles. The smallest absolute Gasteiger partial charge is 0.191 e. The molecule has 0 aliphatic carbocycles. The predicted octanol–water partition coefficient (Wildman–Crippen LogP) is 5.80. The van der Waals surface area contributed by atoms with Gasteiger partial charge in [-0.2, -0.15) is 0 Å². The molecule has 1 N–H and O–H groups in total. The first-order valence-electron chi connectivity index (χ1n) is 12.6. The minimum atomic E-state index is -1.39. The summed E-state index contributed by atoms with van der Waals surface area (Å²) in [5, 5.41) is 17.1. The summed E-state index contributed by atoms with van der Waals surface area (Å²) in [5.74, 6) is 2.19. The van der Waals surface area contributed by atoms with E-state index in [9.17, 15) is 5.11 Å². The third-order valence-electron chi connectivity index (χ3n) is 7.93. The molecule has 1 atom stereocenters. The monoisotopic (exact) mass is 501 g/mol. The van der Waals surface area contributed by atoms with E-state index in [1.165, 1.54) is 0 Å². The highest BCUT2D eigenvalue weighted by Crippen LogP contribution is 2.40. The van der Waals surface area contributed by atoms with Crippen LogP contribution in [0.15, 0.2) is 95.5 Å². The number of rotatable bonds is 7. The van der Waals surface area contributed by atoms with E-state index in [2.05, 4.69) is 5.16 Å². The Morgan fingerprint density at radius 2 is 1.58 bits per heavy atom. The number of fused-ring (bicyclic) bond motifs is 3. The second-order valence-electron chi connectivity index (χ2n) is 10.2. The lowest BCUT2D eigenvalue weighted by atomic mass is 9.82. The van der Waals surface area contributed by atoms with Crippen molar-refractivity contribution in [2.45, 2.75) is 31.1 Å². The number of piperidine rings is 3. The van der Waals surface area contributed by atoms with Crippen LogP contribution in [0.25, 0.3) is 0 Å². The Bertz CT molecular complexity index is 1280. The van der Waals surface area contributed by atoms with Gasteiger partial charge in [-0.05, 0) is 29.3 Å². The van der Waals surface area contributed by atoms with Crippen molar-refractivity contribution >= 4 is 11.6 Å². The van der Waals surface area contributed by atoms with Crippen LogP contribution in [0.3, 0.4) is 0 Å². The topological polar surface area (TPSA) is 55.5 Å². The van der Waals surface area contributed by atoms with E-state index in [1.54, 1.807) is 0 Å². The highest BCUT2D eigenvalue weighted by atomic mass is 35.5. The molecule has 0 saturated carbocycles. The number of benzene rings is 3. The van der Waals surface area contributed by atoms with Crippen LogP contribution in [0.2, 0.25) is 5.02 Å². The summed E-state index contributed by atoms with van der Waals surface area (Å²) in [6, 6.07) is 28.9. The predicted molar refractivity (Wildman–Crippen MR) is 139 cm³/mol. The van der Waals surface area contributed by atoms with Gasteiger partial charge in [0.2, 0.25) is 0 Å². The zero-order valence-electron chi connectivity index (χ0n) is 20.1. The van der Waals surface area contributed by atoms with Gasteiger partial charge in [-0.1, -0.05) is 83.5 Å². The summed E-state index contributed by atoms with van der Waals surface area (Å²) < 4.78 is 13.2. The zero-order chi connectivity index (χ0) is 24.6. The molecule has 4 aromatic rings. The third-order valence-corrected chi connectivity index (χ3v) is 8.16. The fourth-order valence-electron chi connectivity index (χ4n) is 6.00. The number of ether oxygens (including phenoxy) is 1. The van der Waals surface area contributed by atoms with Gasteiger partial charge in [0.15, 0.2) is 17.5 Å². The summed E-state index contributed by atoms with van der Waals surface area (Å²) in [4.78, 5) is 0. The lowest BCUT2D eigenvalue weighted by molar-refractivity contribution is -0.959. The van der Waals surface area contributed by atoms with Gasteiger partial charge in [0.25, 0.3) is 0 Å². The van der Waals surface area contributed by atoms with Crippen LogP contribution in [0.4, 0.5) is 0 Å². The molecule has 0 spiro atoms. The molecule has 3 aromatic carbocycles. The van der Waals surface area contributed by atoms with Crippen molar-refractivity contribution in [3.63, 3.8) is 0 Å². The van der Waals surface area contributed by atoms with Crippen molar-refractivity contribution in [3.8, 4) is 5.75 Å². The van der Waals surface area contributed by atoms with Gasteiger partial charge in [-0.15, -0.1) is 0 Å². The summed E-state index contributed by atoms with van der Waals surface area (Å²) in [7, 11) is 0. The van der Waals surface area contributed by atoms with Gasteiger partial charge < -0.3 is 18.8 Å². The maximum atomic E-state index is 12.0. The van der Waals surface area contributed by atoms with Crippen LogP contribution >= 0.6 is 11.6 Å². The number of hydrogen-bond donors (Lipinski definition) is 1. The molecule has 3 fully saturated rings. The van der Waals surface area contributed by atoms with Crippen LogP contribution in [-0.4, -0.2) is 40.5 Å². The molecule has 184 valence electrons. The van der Waals surface area contributed by atoms with Crippen molar-refractivity contribution in [2.75, 3.05) is 19.6 Å². The normalized spacial score (nSPS) is 23.5. The molecule has 2 bridgehead atoms. The Morgan fingerprint density at radius 3 is 2.22 bits per heavy atom. The summed E-state index contributed by atoms with van der Waals surface area (Å²) >= 11 is 6.18. The van der Waals surface area contributed by atoms with E-state index >= 15 is 0 Å². The molecular formula is C30H30ClN2O3+. The Kier molecular flexibility index (Phi) is 6.08. The maximum absolute atomic E-state index is 12.0. The molecule has 4 heterocycles. The molecule has 36 heavy (non-hydrogen) atoms. The van der Waals surface area contributed by atoms with Crippen LogP contribution in [-0.2, 0) is 12.1 Å². The summed E-state index contributed by atoms with van der Waals surface area (Å²) in [5.41, 5.74) is 0.637. The fraction of sp³-hybridized carbons (Fsp3) is 0.300. The first-order chi connectivity index (χ1) is 17.5. The van der Waals surface area contributed by atoms with Gasteiger partial charge in [0, 0.05) is 29.8 Å². The highest BCUT2D eigenvalue weighted by Gasteiger charge is 2.48. The molecule has 3 saturated heterocycles. The molecule has 0 amide bonds. The average Bonchev–Trinajstić information content (AvgIpc) is 3.38. The minimum absolute atomic E-state index is 0.152. The second-order valence-corrected chi connectivity index (χ2v) is 10.6.